The molecule has 0 aromatic heterocycles. The summed E-state index contributed by atoms with van der Waals surface area (Å²) in [5.74, 6) is 1.56. The van der Waals surface area contributed by atoms with Gasteiger partial charge in [-0.05, 0) is 12.1 Å². The summed E-state index contributed by atoms with van der Waals surface area (Å²) in [5, 5.41) is 0.766. The number of Topliss-reactive ketones (excluding diaryl/α,β-unsaturated/α-hetero) is 1. The van der Waals surface area contributed by atoms with Gasteiger partial charge in [-0.2, -0.15) is 11.8 Å². The summed E-state index contributed by atoms with van der Waals surface area (Å²) in [6.45, 7) is 3.67. The monoisotopic (exact) mass is 155 g/mol. The van der Waals surface area contributed by atoms with E-state index in [1.54, 1.807) is 6.92 Å². The molecule has 1 saturated heterocycles. The fourth-order valence-corrected chi connectivity index (χ4v) is 1.73. The van der Waals surface area contributed by atoms with Crippen molar-refractivity contribution in [3.63, 3.8) is 0 Å². The highest BCUT2D eigenvalue weighted by Crippen LogP contribution is 2.28. The van der Waals surface area contributed by atoms with E-state index in [2.05, 4.69) is 7.28 Å². The van der Waals surface area contributed by atoms with Crippen molar-refractivity contribution in [2.75, 3.05) is 5.75 Å². The van der Waals surface area contributed by atoms with Crippen LogP contribution in [0.15, 0.2) is 0 Å². The maximum Gasteiger partial charge on any atom is 0.133 e. The van der Waals surface area contributed by atoms with Crippen LogP contribution in [-0.4, -0.2) is 24.0 Å². The van der Waals surface area contributed by atoms with Gasteiger partial charge in [-0.25, -0.2) is 0 Å². The lowest BCUT2D eigenvalue weighted by molar-refractivity contribution is -0.119. The summed E-state index contributed by atoms with van der Waals surface area (Å²) in [6.07, 6.45) is 1.25. The molecule has 0 spiro atoms. The molecule has 1 rings (SSSR count). The second-order valence-electron chi connectivity index (χ2n) is 2.85. The van der Waals surface area contributed by atoms with Crippen LogP contribution in [0.2, 0.25) is 6.32 Å². The van der Waals surface area contributed by atoms with Crippen LogP contribution in [-0.2, 0) is 4.79 Å². The van der Waals surface area contributed by atoms with E-state index in [9.17, 15) is 4.79 Å². The third kappa shape index (κ3) is 2.78. The molecule has 0 amide bonds. The second-order valence-corrected chi connectivity index (χ2v) is 4.13. The Bertz CT molecular complexity index is 134. The lowest BCUT2D eigenvalue weighted by Crippen LogP contribution is -2.09. The molecule has 55 valence electrons. The average molecular weight is 155 g/mol. The van der Waals surface area contributed by atoms with Gasteiger partial charge in [-0.15, -0.1) is 0 Å². The summed E-state index contributed by atoms with van der Waals surface area (Å²) >= 11 is 1.90. The fourth-order valence-electron chi connectivity index (χ4n) is 0.577. The third-order valence-electron chi connectivity index (χ3n) is 1.68. The van der Waals surface area contributed by atoms with Crippen LogP contribution < -0.4 is 0 Å². The van der Waals surface area contributed by atoms with E-state index in [1.807, 2.05) is 18.7 Å². The molecule has 2 atom stereocenters. The number of hydrogen-bond acceptors (Lipinski definition) is 2. The quantitative estimate of drug-likeness (QED) is 0.571. The minimum absolute atomic E-state index is 0.249. The molecule has 1 heterocycles. The summed E-state index contributed by atoms with van der Waals surface area (Å²) in [4.78, 5) is 10.8. The zero-order chi connectivity index (χ0) is 7.56. The number of ketones is 1. The van der Waals surface area contributed by atoms with Crippen molar-refractivity contribution in [3.05, 3.63) is 0 Å². The van der Waals surface area contributed by atoms with E-state index in [1.165, 1.54) is 6.32 Å². The molecule has 1 nitrogen and oxygen atoms in total. The molecule has 1 aliphatic heterocycles. The first-order valence-corrected chi connectivity index (χ1v) is 4.70. The molecule has 1 radical (unpaired) electrons. The summed E-state index contributed by atoms with van der Waals surface area (Å²) in [5.41, 5.74) is 0. The normalized spacial score (nSPS) is 25.2. The summed E-state index contributed by atoms with van der Waals surface area (Å²) in [7, 11) is 2.28. The van der Waals surface area contributed by atoms with Gasteiger partial charge in [0.05, 0.1) is 0 Å². The van der Waals surface area contributed by atoms with E-state index in [0.717, 1.165) is 10.9 Å². The van der Waals surface area contributed by atoms with E-state index >= 15 is 0 Å². The van der Waals surface area contributed by atoms with Crippen LogP contribution in [0.5, 0.6) is 0 Å². The molecule has 0 bridgehead atoms. The maximum absolute atomic E-state index is 10.8. The van der Waals surface area contributed by atoms with E-state index in [-0.39, 0.29) is 5.92 Å². The van der Waals surface area contributed by atoms with Crippen molar-refractivity contribution in [2.45, 2.75) is 25.3 Å². The smallest absolute Gasteiger partial charge is 0.133 e. The first kappa shape index (κ1) is 8.18. The van der Waals surface area contributed by atoms with Crippen molar-refractivity contribution in [1.82, 2.24) is 0 Å². The first-order valence-electron chi connectivity index (χ1n) is 3.65. The van der Waals surface area contributed by atoms with Gasteiger partial charge < -0.3 is 0 Å². The number of thioether (sulfide) groups is 1. The van der Waals surface area contributed by atoms with Gasteiger partial charge in [-0.3, -0.25) is 4.79 Å². The predicted molar refractivity (Wildman–Crippen MR) is 46.7 cm³/mol. The highest BCUT2D eigenvalue weighted by atomic mass is 32.2. The van der Waals surface area contributed by atoms with Crippen LogP contribution in [0.1, 0.15) is 13.8 Å². The van der Waals surface area contributed by atoms with Gasteiger partial charge in [-0.1, -0.05) is 13.2 Å². The molecule has 10 heavy (non-hydrogen) atoms. The molecule has 2 unspecified atom stereocenters. The van der Waals surface area contributed by atoms with Crippen LogP contribution in [0.25, 0.3) is 0 Å². The molecule has 0 N–H and O–H groups in total. The van der Waals surface area contributed by atoms with E-state index in [0.29, 0.717) is 5.78 Å². The zero-order valence-corrected chi connectivity index (χ0v) is 7.28. The van der Waals surface area contributed by atoms with Gasteiger partial charge in [0.2, 0.25) is 0 Å². The Hall–Kier alpha value is 0.0849. The molecule has 3 heteroatoms. The van der Waals surface area contributed by atoms with Crippen molar-refractivity contribution in [1.29, 1.82) is 0 Å². The maximum atomic E-state index is 10.8. The number of hydrogen-bond donors (Lipinski definition) is 0. The van der Waals surface area contributed by atoms with Crippen molar-refractivity contribution in [3.8, 4) is 0 Å². The van der Waals surface area contributed by atoms with Crippen LogP contribution in [0.4, 0.5) is 0 Å². The topological polar surface area (TPSA) is 17.1 Å². The Balaban J connectivity index is 2.05. The van der Waals surface area contributed by atoms with Gasteiger partial charge in [0.25, 0.3) is 0 Å². The molecular weight excluding hydrogens is 143 g/mol. The molecular formula is C7H12BOS. The van der Waals surface area contributed by atoms with Crippen molar-refractivity contribution >= 4 is 24.8 Å². The lowest BCUT2D eigenvalue weighted by Gasteiger charge is -2.04. The molecule has 0 aromatic rings. The number of carbonyl (C=O) groups excluding carboxylic acids is 1. The van der Waals surface area contributed by atoms with Gasteiger partial charge in [0.1, 0.15) is 13.1 Å². The minimum atomic E-state index is 0.249. The van der Waals surface area contributed by atoms with Crippen molar-refractivity contribution in [2.24, 2.45) is 5.92 Å². The minimum Gasteiger partial charge on any atom is -0.300 e. The van der Waals surface area contributed by atoms with Gasteiger partial charge in [0, 0.05) is 11.7 Å². The second kappa shape index (κ2) is 3.47. The Labute approximate surface area is 67.2 Å². The molecule has 1 fully saturated rings. The zero-order valence-electron chi connectivity index (χ0n) is 6.46. The third-order valence-corrected chi connectivity index (χ3v) is 3.19. The predicted octanol–water partition coefficient (Wildman–Crippen LogP) is 1.41. The van der Waals surface area contributed by atoms with Gasteiger partial charge in [0.15, 0.2) is 0 Å². The largest absolute Gasteiger partial charge is 0.300 e. The average Bonchev–Trinajstić information content (AvgIpc) is 2.64. The molecule has 0 aliphatic carbocycles. The van der Waals surface area contributed by atoms with Crippen LogP contribution in [0, 0.1) is 5.92 Å². The van der Waals surface area contributed by atoms with Gasteiger partial charge >= 0.3 is 0 Å². The number of rotatable bonds is 4. The van der Waals surface area contributed by atoms with Crippen LogP contribution in [0.3, 0.4) is 0 Å². The van der Waals surface area contributed by atoms with E-state index in [4.69, 9.17) is 0 Å². The molecule has 0 saturated carbocycles. The lowest BCUT2D eigenvalue weighted by atomic mass is 10.1. The number of carbonyl (C=O) groups is 1. The van der Waals surface area contributed by atoms with Crippen LogP contribution >= 0.6 is 11.8 Å². The van der Waals surface area contributed by atoms with E-state index < -0.39 is 0 Å². The fraction of sp³-hybridized carbons (Fsp3) is 0.857. The van der Waals surface area contributed by atoms with Crippen molar-refractivity contribution < 1.29 is 4.79 Å². The molecule has 0 aromatic carbocycles. The Morgan fingerprint density at radius 3 is 2.90 bits per heavy atom. The Kier molecular flexibility index (Phi) is 2.84. The molecule has 1 aliphatic rings. The Morgan fingerprint density at radius 1 is 1.90 bits per heavy atom. The highest BCUT2D eigenvalue weighted by Gasteiger charge is 2.24. The summed E-state index contributed by atoms with van der Waals surface area (Å²) < 4.78 is 0. The highest BCUT2D eigenvalue weighted by molar-refractivity contribution is 8.02. The summed E-state index contributed by atoms with van der Waals surface area (Å²) in [6, 6.07) is 0. The Morgan fingerprint density at radius 2 is 2.50 bits per heavy atom. The first-order chi connectivity index (χ1) is 4.70. The standard InChI is InChI=1S/C7H12BOS/c1-5(6(2)9)4-10-7-3-8-7/h5,7H,3-4H2,1-2H3. The SMILES string of the molecule is CC(=O)C(C)CSC1[B]C1.